The molecular formula is C43H75NO4. The van der Waals surface area contributed by atoms with Gasteiger partial charge in [-0.05, 0) is 103 Å². The van der Waals surface area contributed by atoms with Crippen molar-refractivity contribution in [3.8, 4) is 0 Å². The van der Waals surface area contributed by atoms with Crippen LogP contribution in [0.15, 0.2) is 54.3 Å². The minimum absolute atomic E-state index is 0.149. The third kappa shape index (κ3) is 36.5. The first kappa shape index (κ1) is 45.6. The molecule has 0 aromatic rings. The van der Waals surface area contributed by atoms with Crippen molar-refractivity contribution in [2.24, 2.45) is 0 Å². The second-order valence-corrected chi connectivity index (χ2v) is 13.5. The van der Waals surface area contributed by atoms with Gasteiger partial charge in [0.2, 0.25) is 0 Å². The molecule has 0 amide bonds. The van der Waals surface area contributed by atoms with Gasteiger partial charge in [-0.25, -0.2) is 0 Å². The Balaban J connectivity index is 3.95. The van der Waals surface area contributed by atoms with Crippen LogP contribution in [0.2, 0.25) is 0 Å². The van der Waals surface area contributed by atoms with Gasteiger partial charge in [-0.15, -0.1) is 5.73 Å². The molecule has 0 saturated heterocycles. The lowest BCUT2D eigenvalue weighted by molar-refractivity contribution is -0.159. The van der Waals surface area contributed by atoms with E-state index in [2.05, 4.69) is 73.1 Å². The summed E-state index contributed by atoms with van der Waals surface area (Å²) in [6.07, 6.45) is 44.2. The second kappa shape index (κ2) is 37.5. The van der Waals surface area contributed by atoms with Crippen molar-refractivity contribution in [3.63, 3.8) is 0 Å². The molecule has 0 heterocycles. The molecule has 0 spiro atoms. The average Bonchev–Trinajstić information content (AvgIpc) is 3.07. The van der Waals surface area contributed by atoms with Crippen LogP contribution in [-0.4, -0.2) is 50.2 Å². The van der Waals surface area contributed by atoms with E-state index in [0.29, 0.717) is 19.3 Å². The second-order valence-electron chi connectivity index (χ2n) is 13.5. The number of carbonyl (C=O) groups excluding carboxylic acids is 2. The van der Waals surface area contributed by atoms with Gasteiger partial charge in [0.1, 0.15) is 12.7 Å². The fraction of sp³-hybridized carbons (Fsp3) is 0.744. The number of unbranched alkanes of at least 4 members (excludes halogenated alkanes) is 16. The van der Waals surface area contributed by atoms with Gasteiger partial charge in [0.15, 0.2) is 0 Å². The van der Waals surface area contributed by atoms with E-state index in [1.54, 1.807) is 0 Å². The van der Waals surface area contributed by atoms with Crippen LogP contribution in [0.5, 0.6) is 0 Å². The summed E-state index contributed by atoms with van der Waals surface area (Å²) < 4.78 is 11.3. The van der Waals surface area contributed by atoms with Gasteiger partial charge in [0, 0.05) is 25.8 Å². The minimum atomic E-state index is -0.384. The van der Waals surface area contributed by atoms with E-state index in [-0.39, 0.29) is 24.6 Å². The van der Waals surface area contributed by atoms with E-state index in [4.69, 9.17) is 9.47 Å². The number of carbonyl (C=O) groups is 2. The quantitative estimate of drug-likeness (QED) is 0.0295. The first-order valence-corrected chi connectivity index (χ1v) is 19.8. The van der Waals surface area contributed by atoms with Crippen molar-refractivity contribution < 1.29 is 19.1 Å². The van der Waals surface area contributed by atoms with E-state index >= 15 is 0 Å². The SMILES string of the molecule is CCCCCC=CCC=C=CCCCCCCCC(=O)OC(CCN(C)C)COC(=O)CCCCCCCC=CCC=CCCCCC. The number of nitrogens with zero attached hydrogens (tertiary/aromatic N) is 1. The smallest absolute Gasteiger partial charge is 0.306 e. The molecular weight excluding hydrogens is 594 g/mol. The topological polar surface area (TPSA) is 55.8 Å². The molecule has 0 aliphatic heterocycles. The molecule has 0 fully saturated rings. The Morgan fingerprint density at radius 2 is 1.08 bits per heavy atom. The van der Waals surface area contributed by atoms with Gasteiger partial charge >= 0.3 is 11.9 Å². The van der Waals surface area contributed by atoms with Crippen LogP contribution in [-0.2, 0) is 19.1 Å². The Morgan fingerprint density at radius 1 is 0.583 bits per heavy atom. The van der Waals surface area contributed by atoms with Crippen molar-refractivity contribution in [2.45, 2.75) is 180 Å². The maximum atomic E-state index is 12.5. The lowest BCUT2D eigenvalue weighted by Gasteiger charge is -2.20. The molecule has 0 saturated carbocycles. The maximum absolute atomic E-state index is 12.5. The molecule has 1 unspecified atom stereocenters. The summed E-state index contributed by atoms with van der Waals surface area (Å²) in [5, 5.41) is 0. The zero-order valence-corrected chi connectivity index (χ0v) is 31.9. The molecule has 0 aliphatic carbocycles. The number of esters is 2. The van der Waals surface area contributed by atoms with Gasteiger partial charge in [-0.2, -0.15) is 0 Å². The Kier molecular flexibility index (Phi) is 35.6. The van der Waals surface area contributed by atoms with Crippen molar-refractivity contribution >= 4 is 11.9 Å². The number of rotatable bonds is 34. The zero-order chi connectivity index (χ0) is 35.2. The maximum Gasteiger partial charge on any atom is 0.306 e. The molecule has 276 valence electrons. The predicted octanol–water partition coefficient (Wildman–Crippen LogP) is 12.2. The Morgan fingerprint density at radius 3 is 1.67 bits per heavy atom. The van der Waals surface area contributed by atoms with Crippen LogP contribution in [0.3, 0.4) is 0 Å². The number of allylic oxidation sites excluding steroid dienone is 7. The van der Waals surface area contributed by atoms with Gasteiger partial charge in [-0.3, -0.25) is 9.59 Å². The van der Waals surface area contributed by atoms with Crippen molar-refractivity contribution in [2.75, 3.05) is 27.2 Å². The Hall–Kier alpha value is -2.36. The molecule has 48 heavy (non-hydrogen) atoms. The van der Waals surface area contributed by atoms with E-state index in [0.717, 1.165) is 77.2 Å². The molecule has 0 radical (unpaired) electrons. The van der Waals surface area contributed by atoms with Crippen LogP contribution in [0.1, 0.15) is 174 Å². The largest absolute Gasteiger partial charge is 0.462 e. The van der Waals surface area contributed by atoms with Gasteiger partial charge < -0.3 is 14.4 Å². The summed E-state index contributed by atoms with van der Waals surface area (Å²) in [6, 6.07) is 0. The molecule has 0 bridgehead atoms. The van der Waals surface area contributed by atoms with Crippen molar-refractivity contribution in [3.05, 3.63) is 54.3 Å². The molecule has 0 aromatic heterocycles. The van der Waals surface area contributed by atoms with Crippen molar-refractivity contribution in [1.82, 2.24) is 4.90 Å². The van der Waals surface area contributed by atoms with E-state index < -0.39 is 0 Å². The zero-order valence-electron chi connectivity index (χ0n) is 31.9. The third-order valence-corrected chi connectivity index (χ3v) is 8.32. The number of hydrogen-bond acceptors (Lipinski definition) is 5. The summed E-state index contributed by atoms with van der Waals surface area (Å²) in [5.41, 5.74) is 3.29. The summed E-state index contributed by atoms with van der Waals surface area (Å²) in [6.45, 7) is 5.40. The van der Waals surface area contributed by atoms with Crippen LogP contribution < -0.4 is 0 Å². The molecule has 0 N–H and O–H groups in total. The van der Waals surface area contributed by atoms with Gasteiger partial charge in [-0.1, -0.05) is 115 Å². The van der Waals surface area contributed by atoms with Crippen LogP contribution in [0, 0.1) is 0 Å². The highest BCUT2D eigenvalue weighted by molar-refractivity contribution is 5.70. The lowest BCUT2D eigenvalue weighted by atomic mass is 10.1. The molecule has 5 heteroatoms. The highest BCUT2D eigenvalue weighted by Crippen LogP contribution is 2.12. The highest BCUT2D eigenvalue weighted by atomic mass is 16.6. The van der Waals surface area contributed by atoms with Crippen LogP contribution in [0.25, 0.3) is 0 Å². The van der Waals surface area contributed by atoms with E-state index in [1.165, 1.54) is 70.6 Å². The minimum Gasteiger partial charge on any atom is -0.462 e. The average molecular weight is 670 g/mol. The molecule has 0 aliphatic rings. The summed E-state index contributed by atoms with van der Waals surface area (Å²) >= 11 is 0. The molecule has 5 nitrogen and oxygen atoms in total. The standard InChI is InChI=1S/C43H75NO4/c1-5-7-9-11-13-15-17-19-21-23-25-27-29-31-33-35-37-43(46)48-41(38-39-44(3)4)40-47-42(45)36-34-32-30-28-26-24-22-20-18-16-14-12-10-8-6-2/h13-16,19-20,22-23,41H,5-12,17-18,24-40H2,1-4H3. The fourth-order valence-electron chi connectivity index (χ4n) is 5.24. The molecule has 0 aromatic carbocycles. The first-order chi connectivity index (χ1) is 23.5. The Labute approximate surface area is 297 Å². The lowest BCUT2D eigenvalue weighted by Crippen LogP contribution is -2.29. The van der Waals surface area contributed by atoms with E-state index in [9.17, 15) is 9.59 Å². The van der Waals surface area contributed by atoms with Gasteiger partial charge in [0.05, 0.1) is 0 Å². The van der Waals surface area contributed by atoms with Crippen LogP contribution >= 0.6 is 0 Å². The predicted molar refractivity (Wildman–Crippen MR) is 206 cm³/mol. The van der Waals surface area contributed by atoms with Crippen molar-refractivity contribution in [1.29, 1.82) is 0 Å². The summed E-state index contributed by atoms with van der Waals surface area (Å²) in [4.78, 5) is 26.9. The highest BCUT2D eigenvalue weighted by Gasteiger charge is 2.17. The number of hydrogen-bond donors (Lipinski definition) is 0. The number of ether oxygens (including phenoxy) is 2. The monoisotopic (exact) mass is 670 g/mol. The van der Waals surface area contributed by atoms with E-state index in [1.807, 2.05) is 14.1 Å². The molecule has 1 atom stereocenters. The fourth-order valence-corrected chi connectivity index (χ4v) is 5.24. The van der Waals surface area contributed by atoms with Crippen LogP contribution in [0.4, 0.5) is 0 Å². The molecule has 0 rings (SSSR count). The summed E-state index contributed by atoms with van der Waals surface area (Å²) in [5.74, 6) is -0.373. The van der Waals surface area contributed by atoms with Gasteiger partial charge in [0.25, 0.3) is 0 Å². The summed E-state index contributed by atoms with van der Waals surface area (Å²) in [7, 11) is 3.99. The first-order valence-electron chi connectivity index (χ1n) is 19.8. The normalized spacial score (nSPS) is 12.3. The third-order valence-electron chi connectivity index (χ3n) is 8.32. The Bertz CT molecular complexity index is 881.